The second-order valence-corrected chi connectivity index (χ2v) is 3.16. The van der Waals surface area contributed by atoms with Crippen LogP contribution in [0.25, 0.3) is 0 Å². The van der Waals surface area contributed by atoms with Crippen molar-refractivity contribution in [2.24, 2.45) is 11.2 Å². The number of carbonyl (C=O) groups excluding carboxylic acids is 2. The van der Waals surface area contributed by atoms with Crippen molar-refractivity contribution < 1.29 is 14.3 Å². The van der Waals surface area contributed by atoms with Crippen LogP contribution in [0, 0.1) is 10.8 Å². The highest BCUT2D eigenvalue weighted by atomic mass is 16.5. The van der Waals surface area contributed by atoms with Gasteiger partial charge in [0.1, 0.15) is 0 Å². The van der Waals surface area contributed by atoms with Crippen molar-refractivity contribution in [3.8, 4) is 0 Å². The van der Waals surface area contributed by atoms with Gasteiger partial charge in [-0.05, 0) is 5.92 Å². The predicted molar refractivity (Wildman–Crippen MR) is 49.0 cm³/mol. The van der Waals surface area contributed by atoms with Gasteiger partial charge >= 0.3 is 5.97 Å². The summed E-state index contributed by atoms with van der Waals surface area (Å²) in [6.07, 6.45) is 0. The second kappa shape index (κ2) is 5.31. The average Bonchev–Trinajstić information content (AvgIpc) is 2.11. The lowest BCUT2D eigenvalue weighted by molar-refractivity contribution is -0.154. The van der Waals surface area contributed by atoms with Crippen LogP contribution < -0.4 is 0 Å². The summed E-state index contributed by atoms with van der Waals surface area (Å²) in [6, 6.07) is -0.949. The molecule has 0 bridgehead atoms. The summed E-state index contributed by atoms with van der Waals surface area (Å²) in [6.45, 7) is 4.56. The van der Waals surface area contributed by atoms with Crippen molar-refractivity contribution in [2.75, 3.05) is 7.11 Å². The molecule has 0 rings (SSSR count). The van der Waals surface area contributed by atoms with E-state index in [0.29, 0.717) is 5.01 Å². The minimum absolute atomic E-state index is 0.232. The normalized spacial score (nSPS) is 12.1. The topological polar surface area (TPSA) is 76.0 Å². The summed E-state index contributed by atoms with van der Waals surface area (Å²) in [5.74, 6) is -1.46. The third kappa shape index (κ3) is 2.79. The van der Waals surface area contributed by atoms with E-state index in [1.807, 2.05) is 0 Å². The lowest BCUT2D eigenvalue weighted by Gasteiger charge is -2.24. The van der Waals surface area contributed by atoms with E-state index >= 15 is 0 Å². The van der Waals surface area contributed by atoms with Crippen LogP contribution in [-0.2, 0) is 14.3 Å². The Morgan fingerprint density at radius 1 is 1.36 bits per heavy atom. The van der Waals surface area contributed by atoms with Crippen LogP contribution >= 0.6 is 0 Å². The molecular weight excluding hydrogens is 188 g/mol. The molecule has 1 atom stereocenters. The highest BCUT2D eigenvalue weighted by Gasteiger charge is 2.32. The number of methoxy groups -OCH3 is 1. The summed E-state index contributed by atoms with van der Waals surface area (Å²) < 4.78 is 4.47. The first-order chi connectivity index (χ1) is 6.45. The molecule has 6 nitrogen and oxygen atoms in total. The third-order valence-electron chi connectivity index (χ3n) is 1.75. The zero-order chi connectivity index (χ0) is 11.3. The molecule has 0 fully saturated rings. The summed E-state index contributed by atoms with van der Waals surface area (Å²) in [5, 5.41) is 3.10. The number of nitrogens with zero attached hydrogens (tertiary/aromatic N) is 2. The van der Waals surface area contributed by atoms with Crippen LogP contribution in [0.1, 0.15) is 20.8 Å². The monoisotopic (exact) mass is 202 g/mol. The maximum absolute atomic E-state index is 11.2. The van der Waals surface area contributed by atoms with Crippen molar-refractivity contribution in [2.45, 2.75) is 26.8 Å². The van der Waals surface area contributed by atoms with Crippen molar-refractivity contribution in [3.05, 3.63) is 4.91 Å². The molecule has 0 aromatic carbocycles. The molecule has 6 heteroatoms. The Morgan fingerprint density at radius 3 is 2.07 bits per heavy atom. The second-order valence-electron chi connectivity index (χ2n) is 3.16. The van der Waals surface area contributed by atoms with E-state index in [0.717, 1.165) is 0 Å². The van der Waals surface area contributed by atoms with Crippen LogP contribution in [0.3, 0.4) is 0 Å². The molecule has 0 saturated carbocycles. The smallest absolute Gasteiger partial charge is 0.331 e. The lowest BCUT2D eigenvalue weighted by atomic mass is 10.0. The Kier molecular flexibility index (Phi) is 4.76. The molecule has 80 valence electrons. The van der Waals surface area contributed by atoms with Crippen LogP contribution in [-0.4, -0.2) is 30.0 Å². The highest BCUT2D eigenvalue weighted by molar-refractivity contribution is 5.83. The maximum atomic E-state index is 11.2. The fourth-order valence-electron chi connectivity index (χ4n) is 1.08. The molecule has 1 amide bonds. The number of hydrogen-bond acceptors (Lipinski definition) is 5. The van der Waals surface area contributed by atoms with Gasteiger partial charge in [0.25, 0.3) is 0 Å². The molecule has 14 heavy (non-hydrogen) atoms. The third-order valence-corrected chi connectivity index (χ3v) is 1.75. The Balaban J connectivity index is 4.87. The molecule has 0 radical (unpaired) electrons. The van der Waals surface area contributed by atoms with Crippen LogP contribution in [0.15, 0.2) is 5.29 Å². The van der Waals surface area contributed by atoms with Crippen molar-refractivity contribution in [1.29, 1.82) is 0 Å². The number of hydrogen-bond donors (Lipinski definition) is 0. The highest BCUT2D eigenvalue weighted by Crippen LogP contribution is 2.13. The predicted octanol–water partition coefficient (Wildman–Crippen LogP) is 0.714. The number of ether oxygens (including phenoxy) is 1. The summed E-state index contributed by atoms with van der Waals surface area (Å²) in [7, 11) is 1.20. The van der Waals surface area contributed by atoms with E-state index in [4.69, 9.17) is 0 Å². The Bertz CT molecular complexity index is 239. The van der Waals surface area contributed by atoms with Gasteiger partial charge in [-0.1, -0.05) is 13.8 Å². The fourth-order valence-corrected chi connectivity index (χ4v) is 1.08. The molecule has 0 aliphatic heterocycles. The van der Waals surface area contributed by atoms with E-state index in [1.54, 1.807) is 13.8 Å². The van der Waals surface area contributed by atoms with Gasteiger partial charge in [-0.25, -0.2) is 4.79 Å². The van der Waals surface area contributed by atoms with Crippen LogP contribution in [0.2, 0.25) is 0 Å². The Morgan fingerprint density at radius 2 is 1.86 bits per heavy atom. The number of amides is 1. The maximum Gasteiger partial charge on any atom is 0.331 e. The number of nitroso groups, excluding NO2 is 1. The lowest BCUT2D eigenvalue weighted by Crippen LogP contribution is -2.44. The first-order valence-corrected chi connectivity index (χ1v) is 4.16. The Labute approximate surface area is 82.2 Å². The van der Waals surface area contributed by atoms with Gasteiger partial charge in [0.2, 0.25) is 5.91 Å². The molecule has 0 aliphatic rings. The van der Waals surface area contributed by atoms with E-state index in [2.05, 4.69) is 10.0 Å². The first-order valence-electron chi connectivity index (χ1n) is 4.16. The van der Waals surface area contributed by atoms with Gasteiger partial charge < -0.3 is 4.74 Å². The molecule has 0 unspecified atom stereocenters. The molecule has 0 spiro atoms. The van der Waals surface area contributed by atoms with Gasteiger partial charge in [-0.15, -0.1) is 4.91 Å². The summed E-state index contributed by atoms with van der Waals surface area (Å²) >= 11 is 0. The minimum atomic E-state index is -0.949. The zero-order valence-corrected chi connectivity index (χ0v) is 8.68. The Hall–Kier alpha value is -1.46. The molecule has 0 saturated heterocycles. The molecule has 0 aromatic rings. The average molecular weight is 202 g/mol. The molecule has 0 N–H and O–H groups in total. The minimum Gasteiger partial charge on any atom is -0.467 e. The number of carbonyl (C=O) groups is 2. The van der Waals surface area contributed by atoms with Crippen molar-refractivity contribution in [3.63, 3.8) is 0 Å². The van der Waals surface area contributed by atoms with Gasteiger partial charge in [0, 0.05) is 6.92 Å². The van der Waals surface area contributed by atoms with E-state index in [-0.39, 0.29) is 5.92 Å². The summed E-state index contributed by atoms with van der Waals surface area (Å²) in [4.78, 5) is 32.6. The van der Waals surface area contributed by atoms with E-state index < -0.39 is 17.9 Å². The zero-order valence-electron chi connectivity index (χ0n) is 8.68. The fraction of sp³-hybridized carbons (Fsp3) is 0.750. The van der Waals surface area contributed by atoms with Gasteiger partial charge in [0.05, 0.1) is 12.4 Å². The summed E-state index contributed by atoms with van der Waals surface area (Å²) in [5.41, 5.74) is 0. The molecular formula is C8H14N2O4. The van der Waals surface area contributed by atoms with E-state index in [9.17, 15) is 14.5 Å². The van der Waals surface area contributed by atoms with Gasteiger partial charge in [-0.3, -0.25) is 4.79 Å². The van der Waals surface area contributed by atoms with Crippen LogP contribution in [0.4, 0.5) is 0 Å². The van der Waals surface area contributed by atoms with Gasteiger partial charge in [-0.2, -0.15) is 5.01 Å². The molecule has 0 aliphatic carbocycles. The van der Waals surface area contributed by atoms with Gasteiger partial charge in [0.15, 0.2) is 6.04 Å². The number of rotatable bonds is 4. The standard InChI is InChI=1S/C8H14N2O4/c1-5(2)7(8(12)14-4)10(9-13)6(3)11/h5,7H,1-4H3/t7-/m0/s1. The van der Waals surface area contributed by atoms with Crippen molar-refractivity contribution in [1.82, 2.24) is 5.01 Å². The SMILES string of the molecule is COC(=O)[C@H](C(C)C)N(N=O)C(C)=O. The molecule has 0 aromatic heterocycles. The first kappa shape index (κ1) is 12.5. The largest absolute Gasteiger partial charge is 0.467 e. The molecule has 0 heterocycles. The quantitative estimate of drug-likeness (QED) is 0.382. The van der Waals surface area contributed by atoms with Crippen molar-refractivity contribution >= 4 is 11.9 Å². The number of esters is 1. The van der Waals surface area contributed by atoms with E-state index in [1.165, 1.54) is 14.0 Å². The van der Waals surface area contributed by atoms with Crippen LogP contribution in [0.5, 0.6) is 0 Å².